The average Bonchev–Trinajstić information content (AvgIpc) is 3.38. The van der Waals surface area contributed by atoms with E-state index in [1.807, 2.05) is 0 Å². The number of benzene rings is 1. The Bertz CT molecular complexity index is 590. The number of rotatable bonds is 4. The lowest BCUT2D eigenvalue weighted by atomic mass is 10.1. The highest BCUT2D eigenvalue weighted by atomic mass is 16.2. The second kappa shape index (κ2) is 6.17. The number of nitrogens with one attached hydrogen (secondary N) is 1. The minimum atomic E-state index is -0.122. The number of amides is 3. The van der Waals surface area contributed by atoms with Crippen molar-refractivity contribution < 1.29 is 14.4 Å². The standard InChI is InChI=1S/C16H19N3O3/c20-11-18-6-8-19(9-7-18)16(22)13-3-1-2-12(10-13)15(21)17-14-4-5-14/h1-3,10-11,14H,4-9H2,(H,17,21). The summed E-state index contributed by atoms with van der Waals surface area (Å²) < 4.78 is 0. The van der Waals surface area contributed by atoms with Gasteiger partial charge < -0.3 is 15.1 Å². The van der Waals surface area contributed by atoms with Crippen LogP contribution in [0.4, 0.5) is 0 Å². The van der Waals surface area contributed by atoms with E-state index >= 15 is 0 Å². The van der Waals surface area contributed by atoms with Crippen molar-refractivity contribution in [3.05, 3.63) is 35.4 Å². The average molecular weight is 301 g/mol. The smallest absolute Gasteiger partial charge is 0.253 e. The third-order valence-corrected chi connectivity index (χ3v) is 4.03. The fraction of sp³-hybridized carbons (Fsp3) is 0.438. The van der Waals surface area contributed by atoms with Crippen molar-refractivity contribution in [3.63, 3.8) is 0 Å². The first kappa shape index (κ1) is 14.6. The molecule has 1 saturated carbocycles. The summed E-state index contributed by atoms with van der Waals surface area (Å²) in [6, 6.07) is 7.12. The first-order valence-corrected chi connectivity index (χ1v) is 7.57. The molecule has 2 aliphatic rings. The zero-order chi connectivity index (χ0) is 15.5. The molecular formula is C16H19N3O3. The third-order valence-electron chi connectivity index (χ3n) is 4.03. The molecule has 2 fully saturated rings. The minimum Gasteiger partial charge on any atom is -0.349 e. The quantitative estimate of drug-likeness (QED) is 0.823. The molecule has 3 rings (SSSR count). The Kier molecular flexibility index (Phi) is 4.09. The molecule has 6 nitrogen and oxygen atoms in total. The third kappa shape index (κ3) is 3.27. The van der Waals surface area contributed by atoms with Gasteiger partial charge in [0.2, 0.25) is 6.41 Å². The van der Waals surface area contributed by atoms with Crippen LogP contribution in [0.5, 0.6) is 0 Å². The minimum absolute atomic E-state index is 0.0911. The molecule has 1 aromatic carbocycles. The van der Waals surface area contributed by atoms with Crippen molar-refractivity contribution in [1.29, 1.82) is 0 Å². The van der Waals surface area contributed by atoms with Gasteiger partial charge in [0, 0.05) is 43.3 Å². The fourth-order valence-electron chi connectivity index (χ4n) is 2.50. The van der Waals surface area contributed by atoms with E-state index in [1.165, 1.54) is 0 Å². The van der Waals surface area contributed by atoms with Crippen molar-refractivity contribution in [3.8, 4) is 0 Å². The zero-order valence-electron chi connectivity index (χ0n) is 12.3. The van der Waals surface area contributed by atoms with E-state index in [-0.39, 0.29) is 11.8 Å². The molecule has 0 radical (unpaired) electrons. The van der Waals surface area contributed by atoms with Gasteiger partial charge in [-0.3, -0.25) is 14.4 Å². The number of hydrogen-bond acceptors (Lipinski definition) is 3. The highest BCUT2D eigenvalue weighted by Crippen LogP contribution is 2.19. The molecule has 6 heteroatoms. The first-order chi connectivity index (χ1) is 10.7. The van der Waals surface area contributed by atoms with Gasteiger partial charge in [0.1, 0.15) is 0 Å². The van der Waals surface area contributed by atoms with Crippen molar-refractivity contribution in [1.82, 2.24) is 15.1 Å². The van der Waals surface area contributed by atoms with Gasteiger partial charge in [-0.1, -0.05) is 6.07 Å². The van der Waals surface area contributed by atoms with E-state index in [4.69, 9.17) is 0 Å². The first-order valence-electron chi connectivity index (χ1n) is 7.57. The van der Waals surface area contributed by atoms with Gasteiger partial charge in [-0.25, -0.2) is 0 Å². The Hall–Kier alpha value is -2.37. The van der Waals surface area contributed by atoms with Crippen LogP contribution in [0.2, 0.25) is 0 Å². The zero-order valence-corrected chi connectivity index (χ0v) is 12.3. The van der Waals surface area contributed by atoms with E-state index in [2.05, 4.69) is 5.32 Å². The normalized spacial score (nSPS) is 18.0. The molecule has 0 bridgehead atoms. The van der Waals surface area contributed by atoms with E-state index in [0.29, 0.717) is 43.3 Å². The second-order valence-electron chi connectivity index (χ2n) is 5.76. The number of nitrogens with zero attached hydrogens (tertiary/aromatic N) is 2. The topological polar surface area (TPSA) is 69.7 Å². The second-order valence-corrected chi connectivity index (χ2v) is 5.76. The Morgan fingerprint density at radius 3 is 2.41 bits per heavy atom. The lowest BCUT2D eigenvalue weighted by Gasteiger charge is -2.32. The monoisotopic (exact) mass is 301 g/mol. The Morgan fingerprint density at radius 2 is 1.77 bits per heavy atom. The van der Waals surface area contributed by atoms with E-state index in [0.717, 1.165) is 19.3 Å². The van der Waals surface area contributed by atoms with Crippen LogP contribution in [0.25, 0.3) is 0 Å². The summed E-state index contributed by atoms with van der Waals surface area (Å²) in [5.74, 6) is -0.213. The summed E-state index contributed by atoms with van der Waals surface area (Å²) in [5.41, 5.74) is 1.03. The van der Waals surface area contributed by atoms with Crippen LogP contribution in [0.15, 0.2) is 24.3 Å². The lowest BCUT2D eigenvalue weighted by molar-refractivity contribution is -0.119. The van der Waals surface area contributed by atoms with Gasteiger partial charge in [0.05, 0.1) is 0 Å². The molecule has 116 valence electrons. The van der Waals surface area contributed by atoms with Gasteiger partial charge in [-0.2, -0.15) is 0 Å². The van der Waals surface area contributed by atoms with Gasteiger partial charge in [0.15, 0.2) is 0 Å². The molecule has 0 spiro atoms. The molecular weight excluding hydrogens is 282 g/mol. The van der Waals surface area contributed by atoms with Crippen LogP contribution >= 0.6 is 0 Å². The van der Waals surface area contributed by atoms with Gasteiger partial charge in [-0.15, -0.1) is 0 Å². The van der Waals surface area contributed by atoms with Crippen LogP contribution in [0, 0.1) is 0 Å². The summed E-state index contributed by atoms with van der Waals surface area (Å²) in [4.78, 5) is 38.6. The van der Waals surface area contributed by atoms with E-state index < -0.39 is 0 Å². The molecule has 0 aromatic heterocycles. The highest BCUT2D eigenvalue weighted by molar-refractivity contribution is 5.99. The maximum absolute atomic E-state index is 12.5. The molecule has 3 amide bonds. The molecule has 1 saturated heterocycles. The largest absolute Gasteiger partial charge is 0.349 e. The summed E-state index contributed by atoms with van der Waals surface area (Å²) >= 11 is 0. The van der Waals surface area contributed by atoms with Crippen LogP contribution in [-0.2, 0) is 4.79 Å². The van der Waals surface area contributed by atoms with E-state index in [1.54, 1.807) is 34.1 Å². The molecule has 1 aromatic rings. The predicted octanol–water partition coefficient (Wildman–Crippen LogP) is 0.493. The number of hydrogen-bond donors (Lipinski definition) is 1. The Labute approximate surface area is 129 Å². The molecule has 0 unspecified atom stereocenters. The SMILES string of the molecule is O=CN1CCN(C(=O)c2cccc(C(=O)NC3CC3)c2)CC1. The number of carbonyl (C=O) groups excluding carboxylic acids is 3. The van der Waals surface area contributed by atoms with Gasteiger partial charge in [0.25, 0.3) is 11.8 Å². The molecule has 1 aliphatic heterocycles. The van der Waals surface area contributed by atoms with Crippen molar-refractivity contribution >= 4 is 18.2 Å². The number of piperazine rings is 1. The molecule has 1 heterocycles. The predicted molar refractivity (Wildman–Crippen MR) is 80.5 cm³/mol. The summed E-state index contributed by atoms with van der Waals surface area (Å²) in [5, 5.41) is 2.92. The van der Waals surface area contributed by atoms with Crippen molar-refractivity contribution in [2.75, 3.05) is 26.2 Å². The molecule has 22 heavy (non-hydrogen) atoms. The lowest BCUT2D eigenvalue weighted by Crippen LogP contribution is -2.48. The molecule has 0 atom stereocenters. The molecule has 1 aliphatic carbocycles. The van der Waals surface area contributed by atoms with Gasteiger partial charge >= 0.3 is 0 Å². The molecule has 1 N–H and O–H groups in total. The Morgan fingerprint density at radius 1 is 1.09 bits per heavy atom. The summed E-state index contributed by atoms with van der Waals surface area (Å²) in [6.45, 7) is 2.15. The highest BCUT2D eigenvalue weighted by Gasteiger charge is 2.25. The summed E-state index contributed by atoms with van der Waals surface area (Å²) in [6.07, 6.45) is 2.88. The van der Waals surface area contributed by atoms with Crippen molar-refractivity contribution in [2.24, 2.45) is 0 Å². The van der Waals surface area contributed by atoms with Crippen LogP contribution in [0.3, 0.4) is 0 Å². The fourth-order valence-corrected chi connectivity index (χ4v) is 2.50. The van der Waals surface area contributed by atoms with Crippen LogP contribution in [0.1, 0.15) is 33.6 Å². The summed E-state index contributed by atoms with van der Waals surface area (Å²) in [7, 11) is 0. The maximum Gasteiger partial charge on any atom is 0.253 e. The van der Waals surface area contributed by atoms with Crippen molar-refractivity contribution in [2.45, 2.75) is 18.9 Å². The van der Waals surface area contributed by atoms with Gasteiger partial charge in [-0.05, 0) is 31.0 Å². The maximum atomic E-state index is 12.5. The van der Waals surface area contributed by atoms with Crippen LogP contribution in [-0.4, -0.2) is 60.2 Å². The van der Waals surface area contributed by atoms with E-state index in [9.17, 15) is 14.4 Å². The Balaban J connectivity index is 1.67. The number of carbonyl (C=O) groups is 3. The van der Waals surface area contributed by atoms with Crippen LogP contribution < -0.4 is 5.32 Å².